The van der Waals surface area contributed by atoms with Crippen LogP contribution < -0.4 is 0 Å². The van der Waals surface area contributed by atoms with Crippen LogP contribution in [-0.2, 0) is 11.3 Å². The third-order valence-electron chi connectivity index (χ3n) is 5.08. The summed E-state index contributed by atoms with van der Waals surface area (Å²) in [5, 5.41) is 11.7. The number of likely N-dealkylation sites (tertiary alicyclic amines) is 1. The van der Waals surface area contributed by atoms with Crippen LogP contribution in [0.5, 0.6) is 0 Å². The first kappa shape index (κ1) is 19.2. The van der Waals surface area contributed by atoms with Crippen molar-refractivity contribution in [3.63, 3.8) is 0 Å². The number of rotatable bonds is 6. The van der Waals surface area contributed by atoms with Gasteiger partial charge in [0.1, 0.15) is 0 Å². The average molecular weight is 413 g/mol. The van der Waals surface area contributed by atoms with E-state index in [1.807, 2.05) is 11.0 Å². The highest BCUT2D eigenvalue weighted by Gasteiger charge is 2.30. The lowest BCUT2D eigenvalue weighted by Gasteiger charge is -2.23. The van der Waals surface area contributed by atoms with Crippen LogP contribution >= 0.6 is 23.1 Å². The normalized spacial score (nSPS) is 16.6. The van der Waals surface area contributed by atoms with Gasteiger partial charge in [0, 0.05) is 23.5 Å². The van der Waals surface area contributed by atoms with Crippen molar-refractivity contribution in [2.24, 2.45) is 0 Å². The lowest BCUT2D eigenvalue weighted by Crippen LogP contribution is -2.31. The van der Waals surface area contributed by atoms with E-state index in [-0.39, 0.29) is 11.9 Å². The summed E-state index contributed by atoms with van der Waals surface area (Å²) >= 11 is 3.22. The molecule has 28 heavy (non-hydrogen) atoms. The van der Waals surface area contributed by atoms with Crippen molar-refractivity contribution < 1.29 is 4.79 Å². The number of nitrogens with zero attached hydrogens (tertiary/aromatic N) is 4. The van der Waals surface area contributed by atoms with Gasteiger partial charge in [0.25, 0.3) is 0 Å². The maximum atomic E-state index is 12.9. The molecule has 0 bridgehead atoms. The van der Waals surface area contributed by atoms with E-state index in [4.69, 9.17) is 0 Å². The van der Waals surface area contributed by atoms with E-state index < -0.39 is 0 Å². The number of carbonyl (C=O) groups is 1. The molecule has 146 valence electrons. The Bertz CT molecular complexity index is 951. The van der Waals surface area contributed by atoms with Gasteiger partial charge in [0.2, 0.25) is 5.91 Å². The fraction of sp³-hybridized carbons (Fsp3) is 0.381. The quantitative estimate of drug-likeness (QED) is 0.546. The standard InChI is InChI=1S/C21H24N4OS2/c1-3-24-20(16-8-4-7-15(2)13-16)22-23-21(24)28-14-19(26)25-11-5-9-17(25)18-10-6-12-27-18/h4,6-8,10,12-13,17H,3,5,9,11,14H2,1-2H3. The second kappa shape index (κ2) is 8.49. The highest BCUT2D eigenvalue weighted by atomic mass is 32.2. The fourth-order valence-corrected chi connectivity index (χ4v) is 5.49. The SMILES string of the molecule is CCn1c(SCC(=O)N2CCCC2c2cccs2)nnc1-c1cccc(C)c1. The van der Waals surface area contributed by atoms with Gasteiger partial charge in [-0.05, 0) is 44.2 Å². The zero-order valence-corrected chi connectivity index (χ0v) is 17.8. The van der Waals surface area contributed by atoms with Gasteiger partial charge in [0.15, 0.2) is 11.0 Å². The van der Waals surface area contributed by atoms with E-state index in [1.165, 1.54) is 22.2 Å². The summed E-state index contributed by atoms with van der Waals surface area (Å²) in [4.78, 5) is 16.2. The van der Waals surface area contributed by atoms with Crippen molar-refractivity contribution in [3.05, 3.63) is 52.2 Å². The molecule has 4 rings (SSSR count). The summed E-state index contributed by atoms with van der Waals surface area (Å²) in [6.07, 6.45) is 2.13. The molecule has 1 aromatic carbocycles. The van der Waals surface area contributed by atoms with Crippen LogP contribution in [0.1, 0.15) is 36.2 Å². The smallest absolute Gasteiger partial charge is 0.233 e. The number of hydrogen-bond donors (Lipinski definition) is 0. The Kier molecular flexibility index (Phi) is 5.82. The molecule has 3 aromatic rings. The van der Waals surface area contributed by atoms with Gasteiger partial charge >= 0.3 is 0 Å². The summed E-state index contributed by atoms with van der Waals surface area (Å²) in [6, 6.07) is 12.7. The molecule has 0 radical (unpaired) electrons. The molecule has 5 nitrogen and oxygen atoms in total. The van der Waals surface area contributed by atoms with Crippen molar-refractivity contribution in [1.29, 1.82) is 0 Å². The second-order valence-electron chi connectivity index (χ2n) is 6.97. The second-order valence-corrected chi connectivity index (χ2v) is 8.89. The van der Waals surface area contributed by atoms with Gasteiger partial charge in [-0.2, -0.15) is 0 Å². The van der Waals surface area contributed by atoms with E-state index in [0.29, 0.717) is 5.75 Å². The molecule has 0 aliphatic carbocycles. The zero-order valence-electron chi connectivity index (χ0n) is 16.2. The van der Waals surface area contributed by atoms with Gasteiger partial charge in [-0.15, -0.1) is 21.5 Å². The minimum absolute atomic E-state index is 0.184. The molecule has 1 unspecified atom stereocenters. The molecule has 0 N–H and O–H groups in total. The molecular formula is C21H24N4OS2. The molecule has 1 amide bonds. The minimum atomic E-state index is 0.184. The summed E-state index contributed by atoms with van der Waals surface area (Å²) in [5.74, 6) is 1.44. The van der Waals surface area contributed by atoms with Gasteiger partial charge in [-0.25, -0.2) is 0 Å². The summed E-state index contributed by atoms with van der Waals surface area (Å²) in [5.41, 5.74) is 2.26. The topological polar surface area (TPSA) is 51.0 Å². The molecule has 1 atom stereocenters. The van der Waals surface area contributed by atoms with Gasteiger partial charge in [-0.1, -0.05) is 41.6 Å². The Balaban J connectivity index is 1.47. The molecule has 7 heteroatoms. The molecule has 1 saturated heterocycles. The van der Waals surface area contributed by atoms with Gasteiger partial charge in [-0.3, -0.25) is 4.79 Å². The predicted molar refractivity (Wildman–Crippen MR) is 115 cm³/mol. The third kappa shape index (κ3) is 3.86. The first-order chi connectivity index (χ1) is 13.7. The molecule has 1 fully saturated rings. The number of amides is 1. The first-order valence-electron chi connectivity index (χ1n) is 9.63. The number of hydrogen-bond acceptors (Lipinski definition) is 5. The zero-order chi connectivity index (χ0) is 19.5. The van der Waals surface area contributed by atoms with Crippen LogP contribution in [0.15, 0.2) is 46.9 Å². The average Bonchev–Trinajstić information content (AvgIpc) is 3.45. The highest BCUT2D eigenvalue weighted by molar-refractivity contribution is 7.99. The van der Waals surface area contributed by atoms with Crippen LogP contribution in [0.2, 0.25) is 0 Å². The van der Waals surface area contributed by atoms with Crippen LogP contribution in [-0.4, -0.2) is 37.9 Å². The molecule has 3 heterocycles. The number of thiophene rings is 1. The molecule has 2 aromatic heterocycles. The summed E-state index contributed by atoms with van der Waals surface area (Å²) < 4.78 is 2.09. The monoisotopic (exact) mass is 412 g/mol. The Labute approximate surface area is 173 Å². The molecule has 0 saturated carbocycles. The van der Waals surface area contributed by atoms with Crippen molar-refractivity contribution in [1.82, 2.24) is 19.7 Å². The Morgan fingerprint density at radius 2 is 2.18 bits per heavy atom. The number of benzene rings is 1. The van der Waals surface area contributed by atoms with Gasteiger partial charge < -0.3 is 9.47 Å². The minimum Gasteiger partial charge on any atom is -0.334 e. The molecule has 0 spiro atoms. The van der Waals surface area contributed by atoms with Crippen molar-refractivity contribution >= 4 is 29.0 Å². The molecule has 1 aliphatic heterocycles. The van der Waals surface area contributed by atoms with E-state index >= 15 is 0 Å². The largest absolute Gasteiger partial charge is 0.334 e. The van der Waals surface area contributed by atoms with E-state index in [9.17, 15) is 4.79 Å². The van der Waals surface area contributed by atoms with Crippen molar-refractivity contribution in [2.75, 3.05) is 12.3 Å². The van der Waals surface area contributed by atoms with Gasteiger partial charge in [0.05, 0.1) is 11.8 Å². The van der Waals surface area contributed by atoms with E-state index in [0.717, 1.165) is 42.5 Å². The van der Waals surface area contributed by atoms with Crippen molar-refractivity contribution in [2.45, 2.75) is 44.4 Å². The number of thioether (sulfide) groups is 1. The van der Waals surface area contributed by atoms with Crippen LogP contribution in [0, 0.1) is 6.92 Å². The third-order valence-corrected chi connectivity index (χ3v) is 7.00. The Hall–Kier alpha value is -2.12. The lowest BCUT2D eigenvalue weighted by molar-refractivity contribution is -0.129. The van der Waals surface area contributed by atoms with Crippen LogP contribution in [0.4, 0.5) is 0 Å². The predicted octanol–water partition coefficient (Wildman–Crippen LogP) is 4.79. The lowest BCUT2D eigenvalue weighted by atomic mass is 10.1. The Morgan fingerprint density at radius 3 is 2.93 bits per heavy atom. The summed E-state index contributed by atoms with van der Waals surface area (Å²) in [6.45, 7) is 5.78. The van der Waals surface area contributed by atoms with E-state index in [2.05, 4.69) is 64.3 Å². The molecule has 1 aliphatic rings. The van der Waals surface area contributed by atoms with E-state index in [1.54, 1.807) is 11.3 Å². The number of carbonyl (C=O) groups excluding carboxylic acids is 1. The number of aryl methyl sites for hydroxylation is 1. The maximum Gasteiger partial charge on any atom is 0.233 e. The summed E-state index contributed by atoms with van der Waals surface area (Å²) in [7, 11) is 0. The van der Waals surface area contributed by atoms with Crippen LogP contribution in [0.3, 0.4) is 0 Å². The highest BCUT2D eigenvalue weighted by Crippen LogP contribution is 2.35. The fourth-order valence-electron chi connectivity index (χ4n) is 3.73. The first-order valence-corrected chi connectivity index (χ1v) is 11.5. The number of aromatic nitrogens is 3. The molecular weight excluding hydrogens is 388 g/mol. The van der Waals surface area contributed by atoms with Crippen molar-refractivity contribution in [3.8, 4) is 11.4 Å². The van der Waals surface area contributed by atoms with Crippen LogP contribution in [0.25, 0.3) is 11.4 Å². The Morgan fingerprint density at radius 1 is 1.29 bits per heavy atom. The maximum absolute atomic E-state index is 12.9.